The topological polar surface area (TPSA) is 52.0 Å². The Labute approximate surface area is 84.7 Å². The Morgan fingerprint density at radius 2 is 2.07 bits per heavy atom. The number of nitrogens with two attached hydrogens (primary N) is 1. The van der Waals surface area contributed by atoms with Crippen molar-refractivity contribution in [3.8, 4) is 0 Å². The molecule has 3 nitrogen and oxygen atoms in total. The Hall–Kier alpha value is -0.830. The lowest BCUT2D eigenvalue weighted by Gasteiger charge is -2.01. The van der Waals surface area contributed by atoms with Crippen molar-refractivity contribution < 1.29 is 4.52 Å². The Balaban J connectivity index is 2.35. The van der Waals surface area contributed by atoms with E-state index in [4.69, 9.17) is 10.3 Å². The van der Waals surface area contributed by atoms with E-state index in [9.17, 15) is 0 Å². The van der Waals surface area contributed by atoms with Gasteiger partial charge in [-0.1, -0.05) is 19.0 Å². The zero-order chi connectivity index (χ0) is 10.5. The number of hydrogen-bond donors (Lipinski definition) is 1. The van der Waals surface area contributed by atoms with Crippen molar-refractivity contribution in [1.29, 1.82) is 0 Å². The van der Waals surface area contributed by atoms with Crippen LogP contribution in [-0.4, -0.2) is 11.7 Å². The quantitative estimate of drug-likeness (QED) is 0.783. The van der Waals surface area contributed by atoms with E-state index in [0.29, 0.717) is 17.3 Å². The van der Waals surface area contributed by atoms with E-state index in [1.165, 1.54) is 5.56 Å². The highest BCUT2D eigenvalue weighted by molar-refractivity contribution is 5.36. The molecule has 1 aromatic rings. The molecule has 1 fully saturated rings. The van der Waals surface area contributed by atoms with E-state index >= 15 is 0 Å². The number of hydrogen-bond acceptors (Lipinski definition) is 3. The fraction of sp³-hybridized carbons (Fsp3) is 0.727. The average Bonchev–Trinajstić information content (AvgIpc) is 2.48. The molecule has 1 aliphatic rings. The maximum Gasteiger partial charge on any atom is 0.137 e. The molecule has 0 bridgehead atoms. The van der Waals surface area contributed by atoms with Gasteiger partial charge in [-0.2, -0.15) is 0 Å². The van der Waals surface area contributed by atoms with Gasteiger partial charge in [-0.3, -0.25) is 0 Å². The van der Waals surface area contributed by atoms with Crippen LogP contribution in [0.25, 0.3) is 0 Å². The monoisotopic (exact) mass is 194 g/mol. The van der Waals surface area contributed by atoms with Crippen LogP contribution < -0.4 is 5.73 Å². The van der Waals surface area contributed by atoms with Gasteiger partial charge in [-0.05, 0) is 37.6 Å². The summed E-state index contributed by atoms with van der Waals surface area (Å²) in [6.07, 6.45) is 0. The van der Waals surface area contributed by atoms with Crippen LogP contribution in [0.1, 0.15) is 36.8 Å². The normalized spacial score (nSPS) is 29.2. The van der Waals surface area contributed by atoms with Gasteiger partial charge in [-0.25, -0.2) is 0 Å². The second-order valence-electron chi connectivity index (χ2n) is 4.88. The van der Waals surface area contributed by atoms with Gasteiger partial charge in [0.1, 0.15) is 5.76 Å². The Kier molecular flexibility index (Phi) is 1.96. The highest BCUT2D eigenvalue weighted by atomic mass is 16.5. The molecule has 0 radical (unpaired) electrons. The minimum atomic E-state index is 0.315. The van der Waals surface area contributed by atoms with E-state index in [1.54, 1.807) is 0 Å². The Morgan fingerprint density at radius 3 is 2.43 bits per heavy atom. The van der Waals surface area contributed by atoms with Gasteiger partial charge < -0.3 is 10.3 Å². The molecule has 78 valence electrons. The van der Waals surface area contributed by atoms with Crippen LogP contribution in [0.5, 0.6) is 0 Å². The molecule has 1 saturated carbocycles. The fourth-order valence-electron chi connectivity index (χ4n) is 2.69. The first-order chi connectivity index (χ1) is 6.50. The lowest BCUT2D eigenvalue weighted by Crippen LogP contribution is -2.05. The molecule has 0 aliphatic heterocycles. The predicted octanol–water partition coefficient (Wildman–Crippen LogP) is 1.99. The summed E-state index contributed by atoms with van der Waals surface area (Å²) in [6.45, 7) is 9.27. The highest BCUT2D eigenvalue weighted by Gasteiger charge is 2.58. The SMILES string of the molecule is Cc1noc(C)c1C1C(CN)C1(C)C. The summed E-state index contributed by atoms with van der Waals surface area (Å²) in [5.74, 6) is 2.08. The van der Waals surface area contributed by atoms with Gasteiger partial charge in [0.15, 0.2) is 0 Å². The molecule has 1 heterocycles. The molecule has 0 spiro atoms. The predicted molar refractivity (Wildman–Crippen MR) is 55.0 cm³/mol. The lowest BCUT2D eigenvalue weighted by molar-refractivity contribution is 0.392. The van der Waals surface area contributed by atoms with Crippen molar-refractivity contribution in [2.75, 3.05) is 6.54 Å². The van der Waals surface area contributed by atoms with E-state index in [-0.39, 0.29) is 0 Å². The first-order valence-electron chi connectivity index (χ1n) is 5.13. The van der Waals surface area contributed by atoms with Crippen LogP contribution in [0, 0.1) is 25.2 Å². The molecule has 2 rings (SSSR count). The molecule has 14 heavy (non-hydrogen) atoms. The Morgan fingerprint density at radius 1 is 1.43 bits per heavy atom. The van der Waals surface area contributed by atoms with Gasteiger partial charge in [-0.15, -0.1) is 0 Å². The molecule has 3 heteroatoms. The third-order valence-electron chi connectivity index (χ3n) is 3.70. The summed E-state index contributed by atoms with van der Waals surface area (Å²) < 4.78 is 5.19. The van der Waals surface area contributed by atoms with Crippen molar-refractivity contribution in [2.45, 2.75) is 33.6 Å². The van der Waals surface area contributed by atoms with Crippen LogP contribution in [0.2, 0.25) is 0 Å². The molecule has 2 unspecified atom stereocenters. The molecule has 0 saturated heterocycles. The van der Waals surface area contributed by atoms with E-state index in [2.05, 4.69) is 19.0 Å². The summed E-state index contributed by atoms with van der Waals surface area (Å²) in [5.41, 5.74) is 8.38. The molecular weight excluding hydrogens is 176 g/mol. The highest BCUT2D eigenvalue weighted by Crippen LogP contribution is 2.64. The van der Waals surface area contributed by atoms with Crippen LogP contribution >= 0.6 is 0 Å². The summed E-state index contributed by atoms with van der Waals surface area (Å²) in [5, 5.41) is 4.00. The summed E-state index contributed by atoms with van der Waals surface area (Å²) >= 11 is 0. The summed E-state index contributed by atoms with van der Waals surface area (Å²) in [7, 11) is 0. The minimum Gasteiger partial charge on any atom is -0.361 e. The number of aryl methyl sites for hydroxylation is 2. The maximum absolute atomic E-state index is 5.76. The second-order valence-corrected chi connectivity index (χ2v) is 4.88. The van der Waals surface area contributed by atoms with Gasteiger partial charge >= 0.3 is 0 Å². The maximum atomic E-state index is 5.76. The van der Waals surface area contributed by atoms with E-state index in [1.807, 2.05) is 13.8 Å². The zero-order valence-electron chi connectivity index (χ0n) is 9.29. The van der Waals surface area contributed by atoms with Gasteiger partial charge in [0.25, 0.3) is 0 Å². The average molecular weight is 194 g/mol. The van der Waals surface area contributed by atoms with Crippen molar-refractivity contribution in [1.82, 2.24) is 5.16 Å². The van der Waals surface area contributed by atoms with E-state index in [0.717, 1.165) is 18.0 Å². The minimum absolute atomic E-state index is 0.315. The molecule has 1 aromatic heterocycles. The van der Waals surface area contributed by atoms with Gasteiger partial charge in [0.2, 0.25) is 0 Å². The van der Waals surface area contributed by atoms with Crippen LogP contribution in [0.3, 0.4) is 0 Å². The zero-order valence-corrected chi connectivity index (χ0v) is 9.29. The molecule has 2 atom stereocenters. The van der Waals surface area contributed by atoms with E-state index < -0.39 is 0 Å². The third kappa shape index (κ3) is 1.12. The molecule has 0 aromatic carbocycles. The summed E-state index contributed by atoms with van der Waals surface area (Å²) in [4.78, 5) is 0. The number of aromatic nitrogens is 1. The smallest absolute Gasteiger partial charge is 0.137 e. The fourth-order valence-corrected chi connectivity index (χ4v) is 2.69. The van der Waals surface area contributed by atoms with Crippen molar-refractivity contribution in [2.24, 2.45) is 17.1 Å². The van der Waals surface area contributed by atoms with Crippen molar-refractivity contribution >= 4 is 0 Å². The number of nitrogens with zero attached hydrogens (tertiary/aromatic N) is 1. The largest absolute Gasteiger partial charge is 0.361 e. The number of rotatable bonds is 2. The second kappa shape index (κ2) is 2.83. The molecule has 2 N–H and O–H groups in total. The standard InChI is InChI=1S/C11H18N2O/c1-6-9(7(2)14-13-6)10-8(5-12)11(10,3)4/h8,10H,5,12H2,1-4H3. The third-order valence-corrected chi connectivity index (χ3v) is 3.70. The van der Waals surface area contributed by atoms with Gasteiger partial charge in [0, 0.05) is 5.56 Å². The molecule has 1 aliphatic carbocycles. The first-order valence-corrected chi connectivity index (χ1v) is 5.13. The Bertz CT molecular complexity index is 335. The van der Waals surface area contributed by atoms with Crippen LogP contribution in [0.15, 0.2) is 4.52 Å². The van der Waals surface area contributed by atoms with Crippen LogP contribution in [0.4, 0.5) is 0 Å². The molecule has 0 amide bonds. The lowest BCUT2D eigenvalue weighted by atomic mass is 10.0. The summed E-state index contributed by atoms with van der Waals surface area (Å²) in [6, 6.07) is 0. The van der Waals surface area contributed by atoms with Gasteiger partial charge in [0.05, 0.1) is 5.69 Å². The van der Waals surface area contributed by atoms with Crippen molar-refractivity contribution in [3.05, 3.63) is 17.0 Å². The van der Waals surface area contributed by atoms with Crippen LogP contribution in [-0.2, 0) is 0 Å². The van der Waals surface area contributed by atoms with Crippen molar-refractivity contribution in [3.63, 3.8) is 0 Å². The first kappa shape index (κ1) is 9.71. The molecular formula is C11H18N2O.